The minimum atomic E-state index is -1.09. The van der Waals surface area contributed by atoms with Crippen LogP contribution in [0.5, 0.6) is 0 Å². The lowest BCUT2D eigenvalue weighted by molar-refractivity contribution is -0.149. The molecule has 0 aliphatic carbocycles. The smallest absolute Gasteiger partial charge is 0.327 e. The summed E-state index contributed by atoms with van der Waals surface area (Å²) in [4.78, 5) is 11.5. The van der Waals surface area contributed by atoms with Crippen molar-refractivity contribution in [2.45, 2.75) is 26.0 Å². The Labute approximate surface area is 102 Å². The molecule has 5 heteroatoms. The Morgan fingerprint density at radius 1 is 1.50 bits per heavy atom. The summed E-state index contributed by atoms with van der Waals surface area (Å²) in [6.45, 7) is 3.42. The Hall–Kier alpha value is -0.940. The molecule has 0 bridgehead atoms. The van der Waals surface area contributed by atoms with Crippen LogP contribution in [0.25, 0.3) is 0 Å². The molecule has 0 saturated carbocycles. The van der Waals surface area contributed by atoms with Gasteiger partial charge in [0.1, 0.15) is 11.9 Å². The molecule has 1 unspecified atom stereocenters. The number of benzene rings is 1. The van der Waals surface area contributed by atoms with Gasteiger partial charge in [0.15, 0.2) is 0 Å². The van der Waals surface area contributed by atoms with E-state index in [0.29, 0.717) is 4.47 Å². The SMILES string of the molecule is CC(C)OC(=O)C(N)c1ccc(Br)cc1F. The molecular formula is C11H13BrFNO2. The molecular weight excluding hydrogens is 277 g/mol. The summed E-state index contributed by atoms with van der Waals surface area (Å²) < 4.78 is 19.0. The molecule has 0 aromatic heterocycles. The van der Waals surface area contributed by atoms with E-state index in [9.17, 15) is 9.18 Å². The lowest BCUT2D eigenvalue weighted by atomic mass is 10.1. The molecule has 2 N–H and O–H groups in total. The van der Waals surface area contributed by atoms with Crippen LogP contribution in [0.2, 0.25) is 0 Å². The summed E-state index contributed by atoms with van der Waals surface area (Å²) in [7, 11) is 0. The molecule has 1 rings (SSSR count). The third-order valence-electron chi connectivity index (χ3n) is 1.90. The maximum atomic E-state index is 13.5. The van der Waals surface area contributed by atoms with Gasteiger partial charge in [0, 0.05) is 10.0 Å². The van der Waals surface area contributed by atoms with Crippen molar-refractivity contribution in [3.63, 3.8) is 0 Å². The summed E-state index contributed by atoms with van der Waals surface area (Å²) in [5.41, 5.74) is 5.74. The molecule has 3 nitrogen and oxygen atoms in total. The van der Waals surface area contributed by atoms with Gasteiger partial charge in [-0.15, -0.1) is 0 Å². The Morgan fingerprint density at radius 3 is 2.62 bits per heavy atom. The summed E-state index contributed by atoms with van der Waals surface area (Å²) in [5.74, 6) is -1.15. The van der Waals surface area contributed by atoms with Crippen LogP contribution in [0, 0.1) is 5.82 Å². The highest BCUT2D eigenvalue weighted by atomic mass is 79.9. The Bertz CT molecular complexity index is 396. The number of nitrogens with two attached hydrogens (primary N) is 1. The van der Waals surface area contributed by atoms with E-state index in [0.717, 1.165) is 0 Å². The number of ether oxygens (including phenoxy) is 1. The minimum Gasteiger partial charge on any atom is -0.462 e. The topological polar surface area (TPSA) is 52.3 Å². The van der Waals surface area contributed by atoms with Crippen LogP contribution in [-0.2, 0) is 9.53 Å². The molecule has 0 saturated heterocycles. The number of hydrogen-bond acceptors (Lipinski definition) is 3. The molecule has 1 atom stereocenters. The fraction of sp³-hybridized carbons (Fsp3) is 0.364. The largest absolute Gasteiger partial charge is 0.462 e. The van der Waals surface area contributed by atoms with Gasteiger partial charge < -0.3 is 10.5 Å². The number of esters is 1. The second-order valence-electron chi connectivity index (χ2n) is 3.63. The van der Waals surface area contributed by atoms with Crippen molar-refractivity contribution in [3.05, 3.63) is 34.1 Å². The first-order valence-corrected chi connectivity index (χ1v) is 5.62. The van der Waals surface area contributed by atoms with Gasteiger partial charge in [-0.3, -0.25) is 0 Å². The Kier molecular flexibility index (Phi) is 4.44. The molecule has 1 aromatic rings. The zero-order valence-corrected chi connectivity index (χ0v) is 10.6. The van der Waals surface area contributed by atoms with Crippen LogP contribution in [0.15, 0.2) is 22.7 Å². The van der Waals surface area contributed by atoms with Crippen LogP contribution in [0.4, 0.5) is 4.39 Å². The molecule has 0 aliphatic heterocycles. The summed E-state index contributed by atoms with van der Waals surface area (Å²) in [6, 6.07) is 3.26. The standard InChI is InChI=1S/C11H13BrFNO2/c1-6(2)16-11(15)10(14)8-4-3-7(12)5-9(8)13/h3-6,10H,14H2,1-2H3. The first-order chi connectivity index (χ1) is 7.41. The highest BCUT2D eigenvalue weighted by Crippen LogP contribution is 2.20. The van der Waals surface area contributed by atoms with Gasteiger partial charge in [-0.2, -0.15) is 0 Å². The summed E-state index contributed by atoms with van der Waals surface area (Å²) in [5, 5.41) is 0. The van der Waals surface area contributed by atoms with Crippen molar-refractivity contribution in [2.24, 2.45) is 5.73 Å². The fourth-order valence-electron chi connectivity index (χ4n) is 1.19. The van der Waals surface area contributed by atoms with E-state index in [1.165, 1.54) is 12.1 Å². The van der Waals surface area contributed by atoms with Crippen LogP contribution < -0.4 is 5.73 Å². The average molecular weight is 290 g/mol. The first kappa shape index (κ1) is 13.1. The Balaban J connectivity index is 2.87. The van der Waals surface area contributed by atoms with Gasteiger partial charge in [-0.25, -0.2) is 9.18 Å². The van der Waals surface area contributed by atoms with E-state index >= 15 is 0 Å². The van der Waals surface area contributed by atoms with Crippen molar-refractivity contribution in [1.82, 2.24) is 0 Å². The maximum Gasteiger partial charge on any atom is 0.327 e. The molecule has 16 heavy (non-hydrogen) atoms. The fourth-order valence-corrected chi connectivity index (χ4v) is 1.52. The minimum absolute atomic E-state index is 0.133. The molecule has 1 aromatic carbocycles. The van der Waals surface area contributed by atoms with E-state index in [2.05, 4.69) is 15.9 Å². The molecule has 0 radical (unpaired) electrons. The number of rotatable bonds is 3. The molecule has 0 fully saturated rings. The number of halogens is 2. The van der Waals surface area contributed by atoms with Crippen molar-refractivity contribution in [2.75, 3.05) is 0 Å². The van der Waals surface area contributed by atoms with Crippen molar-refractivity contribution < 1.29 is 13.9 Å². The van der Waals surface area contributed by atoms with E-state index in [-0.39, 0.29) is 11.7 Å². The second-order valence-corrected chi connectivity index (χ2v) is 4.54. The van der Waals surface area contributed by atoms with Crippen LogP contribution in [0.3, 0.4) is 0 Å². The highest BCUT2D eigenvalue weighted by Gasteiger charge is 2.21. The van der Waals surface area contributed by atoms with Gasteiger partial charge in [-0.05, 0) is 26.0 Å². The maximum absolute atomic E-state index is 13.5. The lowest BCUT2D eigenvalue weighted by Gasteiger charge is -2.14. The van der Waals surface area contributed by atoms with E-state index in [4.69, 9.17) is 10.5 Å². The first-order valence-electron chi connectivity index (χ1n) is 4.83. The molecule has 0 amide bonds. The molecule has 88 valence electrons. The normalized spacial score (nSPS) is 12.6. The molecule has 0 spiro atoms. The zero-order chi connectivity index (χ0) is 12.3. The number of carbonyl (C=O) groups excluding carboxylic acids is 1. The van der Waals surface area contributed by atoms with Crippen molar-refractivity contribution >= 4 is 21.9 Å². The highest BCUT2D eigenvalue weighted by molar-refractivity contribution is 9.10. The average Bonchev–Trinajstić information content (AvgIpc) is 2.15. The predicted molar refractivity (Wildman–Crippen MR) is 62.3 cm³/mol. The zero-order valence-electron chi connectivity index (χ0n) is 9.04. The quantitative estimate of drug-likeness (QED) is 0.870. The van der Waals surface area contributed by atoms with Gasteiger partial charge in [0.2, 0.25) is 0 Å². The summed E-state index contributed by atoms with van der Waals surface area (Å²) in [6.07, 6.45) is -0.267. The van der Waals surface area contributed by atoms with Crippen LogP contribution in [-0.4, -0.2) is 12.1 Å². The van der Waals surface area contributed by atoms with Gasteiger partial charge in [0.05, 0.1) is 6.10 Å². The number of hydrogen-bond donors (Lipinski definition) is 1. The van der Waals surface area contributed by atoms with E-state index in [1.54, 1.807) is 19.9 Å². The third kappa shape index (κ3) is 3.28. The predicted octanol–water partition coefficient (Wildman–Crippen LogP) is 2.54. The van der Waals surface area contributed by atoms with Gasteiger partial charge in [0.25, 0.3) is 0 Å². The summed E-state index contributed by atoms with van der Waals surface area (Å²) >= 11 is 3.13. The van der Waals surface area contributed by atoms with Gasteiger partial charge in [-0.1, -0.05) is 22.0 Å². The number of carbonyl (C=O) groups is 1. The molecule has 0 aliphatic rings. The second kappa shape index (κ2) is 5.41. The van der Waals surface area contributed by atoms with E-state index < -0.39 is 17.8 Å². The third-order valence-corrected chi connectivity index (χ3v) is 2.40. The van der Waals surface area contributed by atoms with Crippen LogP contribution >= 0.6 is 15.9 Å². The molecule has 0 heterocycles. The van der Waals surface area contributed by atoms with E-state index in [1.807, 2.05) is 0 Å². The monoisotopic (exact) mass is 289 g/mol. The van der Waals surface area contributed by atoms with Gasteiger partial charge >= 0.3 is 5.97 Å². The van der Waals surface area contributed by atoms with Crippen molar-refractivity contribution in [3.8, 4) is 0 Å². The van der Waals surface area contributed by atoms with Crippen LogP contribution in [0.1, 0.15) is 25.5 Å². The van der Waals surface area contributed by atoms with Crippen molar-refractivity contribution in [1.29, 1.82) is 0 Å². The Morgan fingerprint density at radius 2 is 2.12 bits per heavy atom. The lowest BCUT2D eigenvalue weighted by Crippen LogP contribution is -2.26.